The maximum Gasteiger partial charge on any atom is 0.338 e. The van der Waals surface area contributed by atoms with Crippen LogP contribution in [0.15, 0.2) is 60.7 Å². The number of nitrogens with zero attached hydrogens (tertiary/aromatic N) is 2. The number of benzene rings is 2. The van der Waals surface area contributed by atoms with E-state index in [0.717, 1.165) is 5.56 Å². The zero-order valence-corrected chi connectivity index (χ0v) is 15.4. The summed E-state index contributed by atoms with van der Waals surface area (Å²) in [4.78, 5) is 30.7. The predicted molar refractivity (Wildman–Crippen MR) is 98.5 cm³/mol. The molecule has 3 atom stereocenters. The lowest BCUT2D eigenvalue weighted by molar-refractivity contribution is -0.180. The number of rotatable bonds is 6. The molecule has 1 heterocycles. The molecule has 1 saturated heterocycles. The van der Waals surface area contributed by atoms with Crippen molar-refractivity contribution in [2.45, 2.75) is 31.7 Å². The van der Waals surface area contributed by atoms with Gasteiger partial charge in [0.15, 0.2) is 12.1 Å². The van der Waals surface area contributed by atoms with Crippen LogP contribution in [0.1, 0.15) is 22.8 Å². The molecule has 7 heteroatoms. The summed E-state index contributed by atoms with van der Waals surface area (Å²) in [5.41, 5.74) is 1.20. The van der Waals surface area contributed by atoms with E-state index in [1.54, 1.807) is 37.3 Å². The summed E-state index contributed by atoms with van der Waals surface area (Å²) in [5, 5.41) is 10.8. The maximum atomic E-state index is 12.6. The van der Waals surface area contributed by atoms with Crippen LogP contribution in [0.3, 0.4) is 0 Å². The normalized spacial score (nSPS) is 21.6. The van der Waals surface area contributed by atoms with Gasteiger partial charge in [-0.1, -0.05) is 48.5 Å². The first-order valence-electron chi connectivity index (χ1n) is 8.93. The number of nitriles is 1. The summed E-state index contributed by atoms with van der Waals surface area (Å²) in [6.07, 6.45) is -2.23. The number of hydroxylamine groups is 2. The van der Waals surface area contributed by atoms with Crippen molar-refractivity contribution in [1.29, 1.82) is 5.26 Å². The third-order valence-corrected chi connectivity index (χ3v) is 4.26. The molecule has 28 heavy (non-hydrogen) atoms. The third-order valence-electron chi connectivity index (χ3n) is 4.26. The highest BCUT2D eigenvalue weighted by Gasteiger charge is 2.51. The zero-order valence-electron chi connectivity index (χ0n) is 15.4. The second kappa shape index (κ2) is 9.13. The Morgan fingerprint density at radius 3 is 2.36 bits per heavy atom. The molecule has 0 N–H and O–H groups in total. The second-order valence-corrected chi connectivity index (χ2v) is 6.15. The molecule has 0 spiro atoms. The molecular formula is C21H20N2O5. The van der Waals surface area contributed by atoms with E-state index in [4.69, 9.17) is 14.3 Å². The van der Waals surface area contributed by atoms with Crippen LogP contribution in [0.4, 0.5) is 0 Å². The average Bonchev–Trinajstić information content (AvgIpc) is 3.06. The van der Waals surface area contributed by atoms with E-state index >= 15 is 0 Å². The van der Waals surface area contributed by atoms with Crippen LogP contribution in [-0.2, 0) is 25.7 Å². The molecule has 2 aromatic rings. The quantitative estimate of drug-likeness (QED) is 0.711. The van der Waals surface area contributed by atoms with Gasteiger partial charge >= 0.3 is 11.9 Å². The van der Waals surface area contributed by atoms with Crippen molar-refractivity contribution in [3.05, 3.63) is 71.8 Å². The Balaban J connectivity index is 1.85. The second-order valence-electron chi connectivity index (χ2n) is 6.15. The van der Waals surface area contributed by atoms with Gasteiger partial charge in [0.25, 0.3) is 0 Å². The minimum Gasteiger partial charge on any atom is -0.465 e. The average molecular weight is 380 g/mol. The van der Waals surface area contributed by atoms with Crippen LogP contribution < -0.4 is 0 Å². The van der Waals surface area contributed by atoms with Crippen LogP contribution in [0.25, 0.3) is 0 Å². The summed E-state index contributed by atoms with van der Waals surface area (Å²) in [6.45, 7) is 2.08. The van der Waals surface area contributed by atoms with Gasteiger partial charge in [-0.2, -0.15) is 10.3 Å². The van der Waals surface area contributed by atoms with Crippen LogP contribution in [0, 0.1) is 11.3 Å². The number of ether oxygens (including phenoxy) is 2. The molecule has 0 bridgehead atoms. The molecule has 1 aliphatic heterocycles. The summed E-state index contributed by atoms with van der Waals surface area (Å²) < 4.78 is 10.7. The lowest BCUT2D eigenvalue weighted by Gasteiger charge is -2.23. The standard InChI is InChI=1S/C21H20N2O5/c1-2-26-21(25)18-19(27-20(24)16-11-7-4-8-12-16)17(13-22)28-23(18)14-15-9-5-3-6-10-15/h3-12,17-19H,2,14H2,1H3/t17-,18-,19-/m1/s1. The highest BCUT2D eigenvalue weighted by molar-refractivity contribution is 5.90. The zero-order chi connectivity index (χ0) is 19.9. The van der Waals surface area contributed by atoms with Crippen molar-refractivity contribution in [3.63, 3.8) is 0 Å². The van der Waals surface area contributed by atoms with Crippen molar-refractivity contribution in [2.24, 2.45) is 0 Å². The first-order valence-corrected chi connectivity index (χ1v) is 8.93. The predicted octanol–water partition coefficient (Wildman–Crippen LogP) is 2.48. The number of carbonyl (C=O) groups is 2. The summed E-state index contributed by atoms with van der Waals surface area (Å²) in [5.74, 6) is -1.24. The van der Waals surface area contributed by atoms with Gasteiger partial charge in [-0.25, -0.2) is 4.79 Å². The Bertz CT molecular complexity index is 850. The topological polar surface area (TPSA) is 88.9 Å². The lowest BCUT2D eigenvalue weighted by atomic mass is 10.1. The molecule has 0 amide bonds. The van der Waals surface area contributed by atoms with Crippen molar-refractivity contribution in [3.8, 4) is 6.07 Å². The van der Waals surface area contributed by atoms with Gasteiger partial charge in [-0.05, 0) is 24.6 Å². The van der Waals surface area contributed by atoms with E-state index in [1.807, 2.05) is 36.4 Å². The number of hydrogen-bond donors (Lipinski definition) is 0. The first kappa shape index (κ1) is 19.5. The third kappa shape index (κ3) is 4.36. The van der Waals surface area contributed by atoms with Gasteiger partial charge in [0.05, 0.1) is 18.7 Å². The molecule has 0 aromatic heterocycles. The van der Waals surface area contributed by atoms with Crippen LogP contribution in [0.5, 0.6) is 0 Å². The Morgan fingerprint density at radius 2 is 1.75 bits per heavy atom. The van der Waals surface area contributed by atoms with E-state index in [-0.39, 0.29) is 13.2 Å². The molecular weight excluding hydrogens is 360 g/mol. The fraction of sp³-hybridized carbons (Fsp3) is 0.286. The molecule has 1 fully saturated rings. The van der Waals surface area contributed by atoms with Crippen LogP contribution >= 0.6 is 0 Å². The Kier molecular flexibility index (Phi) is 6.37. The molecule has 0 unspecified atom stereocenters. The van der Waals surface area contributed by atoms with Gasteiger partial charge in [-0.3, -0.25) is 9.63 Å². The Hall–Kier alpha value is -3.21. The van der Waals surface area contributed by atoms with E-state index in [0.29, 0.717) is 5.56 Å². The first-order chi connectivity index (χ1) is 13.6. The van der Waals surface area contributed by atoms with Crippen LogP contribution in [-0.4, -0.2) is 41.9 Å². The molecule has 3 rings (SSSR count). The molecule has 0 saturated carbocycles. The fourth-order valence-electron chi connectivity index (χ4n) is 2.97. The molecule has 144 valence electrons. The van der Waals surface area contributed by atoms with Crippen molar-refractivity contribution in [2.75, 3.05) is 6.61 Å². The molecule has 1 aliphatic rings. The lowest BCUT2D eigenvalue weighted by Crippen LogP contribution is -2.45. The molecule has 0 aliphatic carbocycles. The minimum atomic E-state index is -1.12. The maximum absolute atomic E-state index is 12.6. The Labute approximate surface area is 163 Å². The smallest absolute Gasteiger partial charge is 0.338 e. The fourth-order valence-corrected chi connectivity index (χ4v) is 2.97. The van der Waals surface area contributed by atoms with Gasteiger partial charge in [0, 0.05) is 0 Å². The molecule has 2 aromatic carbocycles. The van der Waals surface area contributed by atoms with E-state index in [9.17, 15) is 14.9 Å². The van der Waals surface area contributed by atoms with E-state index in [2.05, 4.69) is 0 Å². The number of carbonyl (C=O) groups excluding carboxylic acids is 2. The summed E-state index contributed by atoms with van der Waals surface area (Å²) in [6, 6.07) is 18.6. The van der Waals surface area contributed by atoms with Crippen molar-refractivity contribution >= 4 is 11.9 Å². The number of esters is 2. The van der Waals surface area contributed by atoms with Gasteiger partial charge < -0.3 is 9.47 Å². The minimum absolute atomic E-state index is 0.158. The number of hydrogen-bond acceptors (Lipinski definition) is 7. The monoisotopic (exact) mass is 380 g/mol. The summed E-state index contributed by atoms with van der Waals surface area (Å²) in [7, 11) is 0. The summed E-state index contributed by atoms with van der Waals surface area (Å²) >= 11 is 0. The largest absolute Gasteiger partial charge is 0.465 e. The SMILES string of the molecule is CCOC(=O)[C@H]1[C@H](OC(=O)c2ccccc2)[C@@H](C#N)ON1Cc1ccccc1. The van der Waals surface area contributed by atoms with Gasteiger partial charge in [0.1, 0.15) is 6.07 Å². The highest BCUT2D eigenvalue weighted by atomic mass is 16.7. The van der Waals surface area contributed by atoms with Gasteiger partial charge in [0.2, 0.25) is 6.10 Å². The van der Waals surface area contributed by atoms with E-state index in [1.165, 1.54) is 5.06 Å². The molecule has 0 radical (unpaired) electrons. The van der Waals surface area contributed by atoms with Crippen molar-refractivity contribution < 1.29 is 23.9 Å². The highest BCUT2D eigenvalue weighted by Crippen LogP contribution is 2.28. The van der Waals surface area contributed by atoms with Crippen molar-refractivity contribution in [1.82, 2.24) is 5.06 Å². The van der Waals surface area contributed by atoms with Gasteiger partial charge in [-0.15, -0.1) is 0 Å². The Morgan fingerprint density at radius 1 is 1.11 bits per heavy atom. The van der Waals surface area contributed by atoms with E-state index < -0.39 is 30.2 Å². The van der Waals surface area contributed by atoms with Crippen LogP contribution in [0.2, 0.25) is 0 Å². The molecule has 7 nitrogen and oxygen atoms in total.